The molecule has 1 fully saturated rings. The van der Waals surface area contributed by atoms with Crippen molar-refractivity contribution in [2.24, 2.45) is 0 Å². The highest BCUT2D eigenvalue weighted by Crippen LogP contribution is 2.35. The summed E-state index contributed by atoms with van der Waals surface area (Å²) < 4.78 is 17.5. The standard InChI is InChI=1S/C18H28N2O3/c1-4-21-17-8-14-7-13(2)23-18(14)9-15(17)10-19-11-16-12-20(3)5-6-22-16/h8-9,13,16,19H,4-7,10-12H2,1-3H3/t13-,16+/m0/s1. The normalized spacial score (nSPS) is 24.3. The Balaban J connectivity index is 1.61. The fourth-order valence-electron chi connectivity index (χ4n) is 3.27. The largest absolute Gasteiger partial charge is 0.494 e. The molecule has 2 heterocycles. The molecule has 1 aromatic rings. The lowest BCUT2D eigenvalue weighted by atomic mass is 10.1. The summed E-state index contributed by atoms with van der Waals surface area (Å²) in [4.78, 5) is 2.31. The van der Waals surface area contributed by atoms with Crippen molar-refractivity contribution in [3.63, 3.8) is 0 Å². The maximum absolute atomic E-state index is 5.88. The number of nitrogens with zero attached hydrogens (tertiary/aromatic N) is 1. The smallest absolute Gasteiger partial charge is 0.124 e. The zero-order chi connectivity index (χ0) is 16.2. The van der Waals surface area contributed by atoms with E-state index in [2.05, 4.69) is 36.3 Å². The Kier molecular flexibility index (Phi) is 5.41. The van der Waals surface area contributed by atoms with Crippen LogP contribution < -0.4 is 14.8 Å². The van der Waals surface area contributed by atoms with Gasteiger partial charge < -0.3 is 24.4 Å². The van der Waals surface area contributed by atoms with Crippen LogP contribution >= 0.6 is 0 Å². The van der Waals surface area contributed by atoms with Gasteiger partial charge in [0.2, 0.25) is 0 Å². The van der Waals surface area contributed by atoms with Crippen molar-refractivity contribution in [1.29, 1.82) is 0 Å². The number of rotatable bonds is 6. The highest BCUT2D eigenvalue weighted by Gasteiger charge is 2.22. The summed E-state index contributed by atoms with van der Waals surface area (Å²) >= 11 is 0. The first-order chi connectivity index (χ1) is 11.2. The van der Waals surface area contributed by atoms with E-state index < -0.39 is 0 Å². The van der Waals surface area contributed by atoms with E-state index in [1.54, 1.807) is 0 Å². The molecule has 0 aliphatic carbocycles. The van der Waals surface area contributed by atoms with Crippen LogP contribution in [-0.4, -0.2) is 57.0 Å². The van der Waals surface area contributed by atoms with Crippen LogP contribution in [0.5, 0.6) is 11.5 Å². The van der Waals surface area contributed by atoms with E-state index in [1.165, 1.54) is 5.56 Å². The van der Waals surface area contributed by atoms with Crippen molar-refractivity contribution in [3.05, 3.63) is 23.3 Å². The summed E-state index contributed by atoms with van der Waals surface area (Å²) in [6.07, 6.45) is 1.48. The molecule has 0 bridgehead atoms. The van der Waals surface area contributed by atoms with E-state index in [-0.39, 0.29) is 12.2 Å². The molecular weight excluding hydrogens is 292 g/mol. The van der Waals surface area contributed by atoms with E-state index in [4.69, 9.17) is 14.2 Å². The Morgan fingerprint density at radius 3 is 3.04 bits per heavy atom. The second-order valence-electron chi connectivity index (χ2n) is 6.52. The molecule has 23 heavy (non-hydrogen) atoms. The second kappa shape index (κ2) is 7.51. The molecule has 0 unspecified atom stereocenters. The molecule has 0 aromatic heterocycles. The van der Waals surface area contributed by atoms with Gasteiger partial charge >= 0.3 is 0 Å². The summed E-state index contributed by atoms with van der Waals surface area (Å²) in [6.45, 7) is 9.25. The fraction of sp³-hybridized carbons (Fsp3) is 0.667. The van der Waals surface area contributed by atoms with Crippen molar-refractivity contribution in [2.75, 3.05) is 39.9 Å². The van der Waals surface area contributed by atoms with Gasteiger partial charge in [-0.3, -0.25) is 0 Å². The molecule has 0 saturated carbocycles. The topological polar surface area (TPSA) is 43.0 Å². The predicted molar refractivity (Wildman–Crippen MR) is 90.3 cm³/mol. The summed E-state index contributed by atoms with van der Waals surface area (Å²) in [5.41, 5.74) is 2.41. The Morgan fingerprint density at radius 2 is 2.26 bits per heavy atom. The van der Waals surface area contributed by atoms with Crippen molar-refractivity contribution in [2.45, 2.75) is 39.0 Å². The maximum atomic E-state index is 5.88. The molecule has 128 valence electrons. The molecule has 1 N–H and O–H groups in total. The molecule has 3 rings (SSSR count). The number of hydrogen-bond donors (Lipinski definition) is 1. The van der Waals surface area contributed by atoms with Crippen LogP contribution in [0, 0.1) is 0 Å². The number of morpholine rings is 1. The zero-order valence-corrected chi connectivity index (χ0v) is 14.4. The van der Waals surface area contributed by atoms with Crippen LogP contribution in [0.4, 0.5) is 0 Å². The summed E-state index contributed by atoms with van der Waals surface area (Å²) in [7, 11) is 2.14. The zero-order valence-electron chi connectivity index (χ0n) is 14.4. The van der Waals surface area contributed by atoms with Crippen LogP contribution in [0.1, 0.15) is 25.0 Å². The van der Waals surface area contributed by atoms with Crippen LogP contribution in [0.15, 0.2) is 12.1 Å². The molecular formula is C18H28N2O3. The van der Waals surface area contributed by atoms with E-state index >= 15 is 0 Å². The van der Waals surface area contributed by atoms with Crippen LogP contribution in [-0.2, 0) is 17.7 Å². The van der Waals surface area contributed by atoms with Crippen LogP contribution in [0.25, 0.3) is 0 Å². The first-order valence-electron chi connectivity index (χ1n) is 8.61. The first-order valence-corrected chi connectivity index (χ1v) is 8.61. The average Bonchev–Trinajstić information content (AvgIpc) is 2.87. The number of ether oxygens (including phenoxy) is 3. The molecule has 2 aliphatic rings. The van der Waals surface area contributed by atoms with Gasteiger partial charge in [-0.25, -0.2) is 0 Å². The highest BCUT2D eigenvalue weighted by molar-refractivity contribution is 5.48. The Hall–Kier alpha value is -1.30. The molecule has 5 heteroatoms. The van der Waals surface area contributed by atoms with E-state index in [0.29, 0.717) is 6.61 Å². The third kappa shape index (κ3) is 4.16. The minimum absolute atomic E-state index is 0.258. The van der Waals surface area contributed by atoms with Crippen molar-refractivity contribution in [3.8, 4) is 11.5 Å². The first kappa shape index (κ1) is 16.6. The lowest BCUT2D eigenvalue weighted by Gasteiger charge is -2.30. The maximum Gasteiger partial charge on any atom is 0.124 e. The van der Waals surface area contributed by atoms with Crippen LogP contribution in [0.2, 0.25) is 0 Å². The van der Waals surface area contributed by atoms with E-state index in [0.717, 1.165) is 56.3 Å². The number of hydrogen-bond acceptors (Lipinski definition) is 5. The molecule has 1 saturated heterocycles. The minimum atomic E-state index is 0.258. The summed E-state index contributed by atoms with van der Waals surface area (Å²) in [6, 6.07) is 4.27. The molecule has 0 spiro atoms. The Bertz CT molecular complexity index is 535. The van der Waals surface area contributed by atoms with E-state index in [9.17, 15) is 0 Å². The van der Waals surface area contributed by atoms with Gasteiger partial charge in [-0.1, -0.05) is 0 Å². The lowest BCUT2D eigenvalue weighted by Crippen LogP contribution is -2.44. The van der Waals surface area contributed by atoms with Gasteiger partial charge in [-0.2, -0.15) is 0 Å². The molecule has 2 atom stereocenters. The minimum Gasteiger partial charge on any atom is -0.494 e. The molecule has 0 amide bonds. The highest BCUT2D eigenvalue weighted by atomic mass is 16.5. The second-order valence-corrected chi connectivity index (χ2v) is 6.52. The predicted octanol–water partition coefficient (Wildman–Crippen LogP) is 1.83. The average molecular weight is 320 g/mol. The fourth-order valence-corrected chi connectivity index (χ4v) is 3.27. The van der Waals surface area contributed by atoms with Crippen molar-refractivity contribution < 1.29 is 14.2 Å². The van der Waals surface area contributed by atoms with Gasteiger partial charge in [0.05, 0.1) is 19.3 Å². The lowest BCUT2D eigenvalue weighted by molar-refractivity contribution is -0.0182. The Labute approximate surface area is 138 Å². The van der Waals surface area contributed by atoms with E-state index in [1.807, 2.05) is 6.92 Å². The number of likely N-dealkylation sites (N-methyl/N-ethyl adjacent to an activating group) is 1. The SMILES string of the molecule is CCOc1cc2c(cc1CNC[C@@H]1CN(C)CCO1)O[C@@H](C)C2. The monoisotopic (exact) mass is 320 g/mol. The number of nitrogens with one attached hydrogen (secondary N) is 1. The summed E-state index contributed by atoms with van der Waals surface area (Å²) in [5.74, 6) is 1.98. The van der Waals surface area contributed by atoms with Gasteiger partial charge in [-0.05, 0) is 33.0 Å². The van der Waals surface area contributed by atoms with Crippen LogP contribution in [0.3, 0.4) is 0 Å². The summed E-state index contributed by atoms with van der Waals surface area (Å²) in [5, 5.41) is 3.51. The van der Waals surface area contributed by atoms with Gasteiger partial charge in [0.15, 0.2) is 0 Å². The molecule has 2 aliphatic heterocycles. The van der Waals surface area contributed by atoms with Gasteiger partial charge in [-0.15, -0.1) is 0 Å². The molecule has 1 aromatic carbocycles. The molecule has 5 nitrogen and oxygen atoms in total. The van der Waals surface area contributed by atoms with Crippen molar-refractivity contribution in [1.82, 2.24) is 10.2 Å². The third-order valence-electron chi connectivity index (χ3n) is 4.41. The number of fused-ring (bicyclic) bond motifs is 1. The quantitative estimate of drug-likeness (QED) is 0.866. The molecule has 0 radical (unpaired) electrons. The van der Waals surface area contributed by atoms with Gasteiger partial charge in [0.25, 0.3) is 0 Å². The van der Waals surface area contributed by atoms with Gasteiger partial charge in [0.1, 0.15) is 17.6 Å². The van der Waals surface area contributed by atoms with Crippen molar-refractivity contribution >= 4 is 0 Å². The van der Waals surface area contributed by atoms with Gasteiger partial charge in [0, 0.05) is 43.7 Å². The third-order valence-corrected chi connectivity index (χ3v) is 4.41. The Morgan fingerprint density at radius 1 is 1.39 bits per heavy atom. The number of benzene rings is 1.